The van der Waals surface area contributed by atoms with E-state index < -0.39 is 26.5 Å². The summed E-state index contributed by atoms with van der Waals surface area (Å²) in [5, 5.41) is 0. The maximum absolute atomic E-state index is 12.9. The molecule has 0 aliphatic heterocycles. The molecule has 0 saturated heterocycles. The zero-order valence-electron chi connectivity index (χ0n) is 56.9. The Balaban J connectivity index is 3.94. The number of allylic oxidation sites excluding steroid dienone is 4. The van der Waals surface area contributed by atoms with Gasteiger partial charge in [0.1, 0.15) is 19.8 Å². The number of rotatable bonds is 70. The van der Waals surface area contributed by atoms with Gasteiger partial charge in [-0.05, 0) is 44.9 Å². The first kappa shape index (κ1) is 82.5. The van der Waals surface area contributed by atoms with Gasteiger partial charge in [-0.15, -0.1) is 0 Å². The van der Waals surface area contributed by atoms with Crippen LogP contribution in [0, 0.1) is 0 Å². The second-order valence-electron chi connectivity index (χ2n) is 26.7. The molecular formula is C74H145NO8P+. The Labute approximate surface area is 523 Å². The molecule has 84 heavy (non-hydrogen) atoms. The van der Waals surface area contributed by atoms with Crippen LogP contribution in [-0.4, -0.2) is 74.9 Å². The number of nitrogens with zero attached hydrogens (tertiary/aromatic N) is 1. The molecule has 1 N–H and O–H groups in total. The topological polar surface area (TPSA) is 108 Å². The number of carbonyl (C=O) groups excluding carboxylic acids is 2. The molecule has 0 aromatic carbocycles. The average molecular weight is 1210 g/mol. The van der Waals surface area contributed by atoms with Gasteiger partial charge in [0.25, 0.3) is 0 Å². The molecule has 498 valence electrons. The minimum absolute atomic E-state index is 0.0362. The summed E-state index contributed by atoms with van der Waals surface area (Å²) >= 11 is 0. The number of ether oxygens (including phenoxy) is 2. The molecule has 2 unspecified atom stereocenters. The summed E-state index contributed by atoms with van der Waals surface area (Å²) in [6, 6.07) is 0. The smallest absolute Gasteiger partial charge is 0.462 e. The maximum Gasteiger partial charge on any atom is 0.472 e. The van der Waals surface area contributed by atoms with Gasteiger partial charge in [0.2, 0.25) is 0 Å². The first-order valence-corrected chi connectivity index (χ1v) is 38.6. The highest BCUT2D eigenvalue weighted by molar-refractivity contribution is 7.47. The van der Waals surface area contributed by atoms with Crippen LogP contribution < -0.4 is 0 Å². The lowest BCUT2D eigenvalue weighted by molar-refractivity contribution is -0.870. The second kappa shape index (κ2) is 65.9. The lowest BCUT2D eigenvalue weighted by Crippen LogP contribution is -2.37. The molecule has 0 aliphatic carbocycles. The van der Waals surface area contributed by atoms with Crippen LogP contribution in [-0.2, 0) is 32.7 Å². The van der Waals surface area contributed by atoms with E-state index >= 15 is 0 Å². The van der Waals surface area contributed by atoms with Crippen molar-refractivity contribution in [3.8, 4) is 0 Å². The number of phosphoric ester groups is 1. The van der Waals surface area contributed by atoms with Gasteiger partial charge in [-0.25, -0.2) is 4.57 Å². The summed E-state index contributed by atoms with van der Waals surface area (Å²) in [4.78, 5) is 35.9. The molecular weight excluding hydrogens is 1060 g/mol. The highest BCUT2D eigenvalue weighted by Gasteiger charge is 2.27. The van der Waals surface area contributed by atoms with Gasteiger partial charge in [0.05, 0.1) is 27.7 Å². The third-order valence-corrected chi connectivity index (χ3v) is 18.0. The van der Waals surface area contributed by atoms with Crippen molar-refractivity contribution in [2.24, 2.45) is 0 Å². The first-order chi connectivity index (χ1) is 41.0. The van der Waals surface area contributed by atoms with Crippen molar-refractivity contribution < 1.29 is 42.1 Å². The van der Waals surface area contributed by atoms with Gasteiger partial charge in [-0.1, -0.05) is 353 Å². The predicted octanol–water partition coefficient (Wildman–Crippen LogP) is 24.1. The van der Waals surface area contributed by atoms with Crippen molar-refractivity contribution in [1.29, 1.82) is 0 Å². The van der Waals surface area contributed by atoms with Gasteiger partial charge in [0.15, 0.2) is 6.10 Å². The summed E-state index contributed by atoms with van der Waals surface area (Å²) in [6.07, 6.45) is 83.1. The summed E-state index contributed by atoms with van der Waals surface area (Å²) < 4.78 is 34.8. The molecule has 2 atom stereocenters. The monoisotopic (exact) mass is 1210 g/mol. The second-order valence-corrected chi connectivity index (χ2v) is 28.1. The van der Waals surface area contributed by atoms with Crippen molar-refractivity contribution >= 4 is 19.8 Å². The van der Waals surface area contributed by atoms with Crippen molar-refractivity contribution in [3.63, 3.8) is 0 Å². The van der Waals surface area contributed by atoms with Crippen molar-refractivity contribution in [2.45, 2.75) is 392 Å². The Bertz CT molecular complexity index is 1460. The zero-order chi connectivity index (χ0) is 61.2. The highest BCUT2D eigenvalue weighted by Crippen LogP contribution is 2.43. The number of hydrogen-bond acceptors (Lipinski definition) is 7. The predicted molar refractivity (Wildman–Crippen MR) is 363 cm³/mol. The Hall–Kier alpha value is -1.51. The Morgan fingerprint density at radius 3 is 0.940 bits per heavy atom. The zero-order valence-corrected chi connectivity index (χ0v) is 57.8. The Morgan fingerprint density at radius 2 is 0.643 bits per heavy atom. The number of likely N-dealkylation sites (N-methyl/N-ethyl adjacent to an activating group) is 1. The molecule has 0 aromatic heterocycles. The molecule has 0 spiro atoms. The summed E-state index contributed by atoms with van der Waals surface area (Å²) in [7, 11) is 1.50. The van der Waals surface area contributed by atoms with Gasteiger partial charge in [0, 0.05) is 12.8 Å². The number of carbonyl (C=O) groups is 2. The largest absolute Gasteiger partial charge is 0.472 e. The maximum atomic E-state index is 12.9. The fourth-order valence-corrected chi connectivity index (χ4v) is 12.0. The fourth-order valence-electron chi connectivity index (χ4n) is 11.3. The fraction of sp³-hybridized carbons (Fsp3) is 0.919. The summed E-state index contributed by atoms with van der Waals surface area (Å²) in [6.45, 7) is 4.51. The van der Waals surface area contributed by atoms with Gasteiger partial charge in [-0.2, -0.15) is 0 Å². The molecule has 0 aliphatic rings. The van der Waals surface area contributed by atoms with Crippen molar-refractivity contribution in [2.75, 3.05) is 47.5 Å². The van der Waals surface area contributed by atoms with E-state index in [0.717, 1.165) is 44.9 Å². The lowest BCUT2D eigenvalue weighted by Gasteiger charge is -2.24. The molecule has 0 amide bonds. The van der Waals surface area contributed by atoms with E-state index in [1.165, 1.54) is 315 Å². The lowest BCUT2D eigenvalue weighted by atomic mass is 10.0. The molecule has 0 bridgehead atoms. The van der Waals surface area contributed by atoms with Crippen LogP contribution in [0.1, 0.15) is 386 Å². The van der Waals surface area contributed by atoms with Crippen LogP contribution >= 0.6 is 7.82 Å². The number of phosphoric acid groups is 1. The minimum atomic E-state index is -4.39. The highest BCUT2D eigenvalue weighted by atomic mass is 31.2. The Morgan fingerprint density at radius 1 is 0.369 bits per heavy atom. The van der Waals surface area contributed by atoms with Crippen LogP contribution in [0.2, 0.25) is 0 Å². The van der Waals surface area contributed by atoms with E-state index in [1.54, 1.807) is 0 Å². The molecule has 10 heteroatoms. The van der Waals surface area contributed by atoms with E-state index in [2.05, 4.69) is 38.2 Å². The molecule has 0 aromatic rings. The molecule has 0 radical (unpaired) electrons. The molecule has 0 saturated carbocycles. The standard InChI is InChI=1S/C74H144NO8P/c1-6-8-10-12-14-16-18-20-22-24-26-28-30-32-33-34-35-36-37-38-39-40-41-43-45-47-49-51-53-55-57-59-61-63-65-67-74(77)83-72(71-82-84(78,79)81-69-68-75(3,4)5)70-80-73(76)66-64-62-60-58-56-54-52-50-48-46-44-42-31-29-27-25-23-21-19-17-15-13-11-9-7-2/h18,20,24,26,72H,6-17,19,21-23,25,27-71H2,1-5H3/p+1/b20-18-,26-24-. The molecule has 9 nitrogen and oxygen atoms in total. The van der Waals surface area contributed by atoms with Crippen LogP contribution in [0.3, 0.4) is 0 Å². The number of hydrogen-bond donors (Lipinski definition) is 1. The van der Waals surface area contributed by atoms with Gasteiger partial charge >= 0.3 is 19.8 Å². The number of unbranched alkanes of at least 4 members (excludes halogenated alkanes) is 52. The van der Waals surface area contributed by atoms with Crippen molar-refractivity contribution in [1.82, 2.24) is 0 Å². The first-order valence-electron chi connectivity index (χ1n) is 37.1. The Kier molecular flexibility index (Phi) is 64.7. The van der Waals surface area contributed by atoms with Crippen LogP contribution in [0.25, 0.3) is 0 Å². The van der Waals surface area contributed by atoms with E-state index in [0.29, 0.717) is 17.4 Å². The van der Waals surface area contributed by atoms with Crippen molar-refractivity contribution in [3.05, 3.63) is 24.3 Å². The molecule has 0 fully saturated rings. The third-order valence-electron chi connectivity index (χ3n) is 17.0. The van der Waals surface area contributed by atoms with Gasteiger partial charge in [-0.3, -0.25) is 18.6 Å². The van der Waals surface area contributed by atoms with Crippen LogP contribution in [0.15, 0.2) is 24.3 Å². The van der Waals surface area contributed by atoms with E-state index in [9.17, 15) is 19.0 Å². The number of quaternary nitrogens is 1. The normalized spacial score (nSPS) is 13.2. The molecule has 0 heterocycles. The van der Waals surface area contributed by atoms with Gasteiger partial charge < -0.3 is 18.9 Å². The number of esters is 2. The average Bonchev–Trinajstić information content (AvgIpc) is 3.61. The minimum Gasteiger partial charge on any atom is -0.462 e. The van der Waals surface area contributed by atoms with Crippen LogP contribution in [0.5, 0.6) is 0 Å². The molecule has 0 rings (SSSR count). The van der Waals surface area contributed by atoms with Crippen LogP contribution in [0.4, 0.5) is 0 Å². The summed E-state index contributed by atoms with van der Waals surface area (Å²) in [5.74, 6) is -0.770. The third kappa shape index (κ3) is 69.6. The summed E-state index contributed by atoms with van der Waals surface area (Å²) in [5.41, 5.74) is 0. The SMILES string of the molecule is CCCCCCC/C=C\C/C=C\CCCCCCCCCCCCCCCCCCCCCCCCCC(=O)OC(COC(=O)CCCCCCCCCCCCCCCCCCCCCCCCCCC)COP(=O)(O)OCC[N+](C)(C)C. The van der Waals surface area contributed by atoms with E-state index in [1.807, 2.05) is 21.1 Å². The van der Waals surface area contributed by atoms with E-state index in [-0.39, 0.29) is 25.6 Å². The van der Waals surface area contributed by atoms with E-state index in [4.69, 9.17) is 18.5 Å². The quantitative estimate of drug-likeness (QED) is 0.0211.